The fourth-order valence-corrected chi connectivity index (χ4v) is 3.66. The number of carbonyl (C=O) groups excluding carboxylic acids is 1. The van der Waals surface area contributed by atoms with Gasteiger partial charge in [0, 0.05) is 18.1 Å². The third kappa shape index (κ3) is 4.38. The van der Waals surface area contributed by atoms with E-state index in [-0.39, 0.29) is 18.7 Å². The van der Waals surface area contributed by atoms with Gasteiger partial charge in [-0.05, 0) is 37.3 Å². The van der Waals surface area contributed by atoms with Crippen molar-refractivity contribution in [3.05, 3.63) is 60.0 Å². The summed E-state index contributed by atoms with van der Waals surface area (Å²) in [4.78, 5) is 30.4. The first kappa shape index (κ1) is 21.0. The number of hydrogen-bond donors (Lipinski definition) is 1. The SMILES string of the molecule is Cc1cccc(-c2nc3cc(C(=O)OCC4COCCO4)ccn3c2-c2ccnc(N)n2)n1. The molecule has 10 heteroatoms. The molecule has 1 fully saturated rings. The number of hydrogen-bond acceptors (Lipinski definition) is 9. The van der Waals surface area contributed by atoms with Crippen LogP contribution >= 0.6 is 0 Å². The Morgan fingerprint density at radius 3 is 2.88 bits per heavy atom. The second-order valence-corrected chi connectivity index (χ2v) is 7.58. The van der Waals surface area contributed by atoms with E-state index in [0.29, 0.717) is 53.8 Å². The second-order valence-electron chi connectivity index (χ2n) is 7.58. The van der Waals surface area contributed by atoms with Gasteiger partial charge in [-0.3, -0.25) is 9.38 Å². The molecule has 33 heavy (non-hydrogen) atoms. The van der Waals surface area contributed by atoms with E-state index in [1.807, 2.05) is 29.5 Å². The maximum Gasteiger partial charge on any atom is 0.338 e. The normalized spacial score (nSPS) is 16.1. The number of nitrogens with two attached hydrogens (primary N) is 1. The number of imidazole rings is 1. The Morgan fingerprint density at radius 1 is 1.18 bits per heavy atom. The molecule has 0 aliphatic carbocycles. The highest BCUT2D eigenvalue weighted by molar-refractivity contribution is 5.91. The van der Waals surface area contributed by atoms with Crippen LogP contribution in [0.3, 0.4) is 0 Å². The van der Waals surface area contributed by atoms with E-state index in [1.54, 1.807) is 30.6 Å². The zero-order valence-corrected chi connectivity index (χ0v) is 18.0. The number of aromatic nitrogens is 5. The highest BCUT2D eigenvalue weighted by Gasteiger charge is 2.21. The molecule has 0 amide bonds. The molecule has 4 aromatic heterocycles. The Labute approximate surface area is 189 Å². The molecule has 1 saturated heterocycles. The van der Waals surface area contributed by atoms with E-state index >= 15 is 0 Å². The van der Waals surface area contributed by atoms with Crippen molar-refractivity contribution in [3.63, 3.8) is 0 Å². The van der Waals surface area contributed by atoms with Crippen molar-refractivity contribution in [1.29, 1.82) is 0 Å². The topological polar surface area (TPSA) is 127 Å². The van der Waals surface area contributed by atoms with Crippen molar-refractivity contribution in [2.24, 2.45) is 0 Å². The van der Waals surface area contributed by atoms with Crippen LogP contribution in [0.2, 0.25) is 0 Å². The van der Waals surface area contributed by atoms with Crippen LogP contribution in [0.1, 0.15) is 16.1 Å². The quantitative estimate of drug-likeness (QED) is 0.459. The van der Waals surface area contributed by atoms with E-state index in [2.05, 4.69) is 15.0 Å². The van der Waals surface area contributed by atoms with Gasteiger partial charge in [-0.15, -0.1) is 0 Å². The minimum Gasteiger partial charge on any atom is -0.459 e. The number of aryl methyl sites for hydroxylation is 1. The van der Waals surface area contributed by atoms with Crippen molar-refractivity contribution in [1.82, 2.24) is 24.3 Å². The molecule has 10 nitrogen and oxygen atoms in total. The first-order valence-corrected chi connectivity index (χ1v) is 10.5. The molecule has 2 N–H and O–H groups in total. The number of esters is 1. The summed E-state index contributed by atoms with van der Waals surface area (Å²) in [5.74, 6) is -0.308. The van der Waals surface area contributed by atoms with E-state index in [1.165, 1.54) is 0 Å². The van der Waals surface area contributed by atoms with Gasteiger partial charge in [0.2, 0.25) is 5.95 Å². The van der Waals surface area contributed by atoms with Gasteiger partial charge < -0.3 is 19.9 Å². The van der Waals surface area contributed by atoms with Crippen LogP contribution in [0, 0.1) is 6.92 Å². The molecule has 5 rings (SSSR count). The van der Waals surface area contributed by atoms with Gasteiger partial charge in [0.05, 0.1) is 36.8 Å². The largest absolute Gasteiger partial charge is 0.459 e. The first-order valence-electron chi connectivity index (χ1n) is 10.5. The standard InChI is InChI=1S/C23H22N6O4/c1-14-3-2-4-17(26-14)20-21(18-5-7-25-23(24)27-18)29-8-6-15(11-19(29)28-20)22(30)33-13-16-12-31-9-10-32-16/h2-8,11,16H,9-10,12-13H2,1H3,(H2,24,25,27). The van der Waals surface area contributed by atoms with Gasteiger partial charge in [0.15, 0.2) is 0 Å². The smallest absolute Gasteiger partial charge is 0.338 e. The summed E-state index contributed by atoms with van der Waals surface area (Å²) in [6.45, 7) is 3.50. The molecule has 168 valence electrons. The molecule has 5 heterocycles. The molecule has 1 atom stereocenters. The van der Waals surface area contributed by atoms with Crippen molar-refractivity contribution in [2.45, 2.75) is 13.0 Å². The molecular formula is C23H22N6O4. The van der Waals surface area contributed by atoms with E-state index in [0.717, 1.165) is 5.69 Å². The van der Waals surface area contributed by atoms with Crippen LogP contribution in [0.4, 0.5) is 5.95 Å². The van der Waals surface area contributed by atoms with Crippen LogP contribution in [-0.2, 0) is 14.2 Å². The number of nitrogens with zero attached hydrogens (tertiary/aromatic N) is 5. The van der Waals surface area contributed by atoms with Gasteiger partial charge in [-0.1, -0.05) is 6.07 Å². The second kappa shape index (κ2) is 8.93. The minimum absolute atomic E-state index is 0.127. The zero-order chi connectivity index (χ0) is 22.8. The maximum absolute atomic E-state index is 12.6. The van der Waals surface area contributed by atoms with Gasteiger partial charge in [-0.25, -0.2) is 19.7 Å². The van der Waals surface area contributed by atoms with Crippen LogP contribution in [-0.4, -0.2) is 62.8 Å². The van der Waals surface area contributed by atoms with Gasteiger partial charge >= 0.3 is 5.97 Å². The summed E-state index contributed by atoms with van der Waals surface area (Å²) >= 11 is 0. The Bertz CT molecular complexity index is 1320. The molecular weight excluding hydrogens is 424 g/mol. The van der Waals surface area contributed by atoms with Crippen molar-refractivity contribution in [3.8, 4) is 22.8 Å². The number of rotatable bonds is 5. The summed E-state index contributed by atoms with van der Waals surface area (Å²) in [6, 6.07) is 10.8. The first-order chi connectivity index (χ1) is 16.1. The van der Waals surface area contributed by atoms with Crippen molar-refractivity contribution >= 4 is 17.6 Å². The third-order valence-corrected chi connectivity index (χ3v) is 5.19. The molecule has 1 aliphatic heterocycles. The lowest BCUT2D eigenvalue weighted by atomic mass is 10.1. The van der Waals surface area contributed by atoms with E-state index < -0.39 is 5.97 Å². The Hall–Kier alpha value is -3.89. The number of carbonyl (C=O) groups is 1. The fourth-order valence-electron chi connectivity index (χ4n) is 3.66. The highest BCUT2D eigenvalue weighted by Crippen LogP contribution is 2.31. The minimum atomic E-state index is -0.460. The molecule has 0 spiro atoms. The van der Waals surface area contributed by atoms with Crippen LogP contribution in [0.25, 0.3) is 28.4 Å². The number of pyridine rings is 2. The summed E-state index contributed by atoms with van der Waals surface area (Å²) in [6.07, 6.45) is 3.09. The summed E-state index contributed by atoms with van der Waals surface area (Å²) in [5, 5.41) is 0. The molecule has 1 aliphatic rings. The average Bonchev–Trinajstić information content (AvgIpc) is 3.22. The summed E-state index contributed by atoms with van der Waals surface area (Å²) in [5.41, 5.74) is 10.2. The monoisotopic (exact) mass is 446 g/mol. The van der Waals surface area contributed by atoms with Gasteiger partial charge in [0.25, 0.3) is 0 Å². The van der Waals surface area contributed by atoms with Crippen LogP contribution in [0.15, 0.2) is 48.8 Å². The Morgan fingerprint density at radius 2 is 2.09 bits per heavy atom. The molecule has 4 aromatic rings. The Kier molecular flexibility index (Phi) is 5.68. The number of ether oxygens (including phenoxy) is 3. The summed E-state index contributed by atoms with van der Waals surface area (Å²) < 4.78 is 18.1. The third-order valence-electron chi connectivity index (χ3n) is 5.19. The van der Waals surface area contributed by atoms with Crippen LogP contribution in [0.5, 0.6) is 0 Å². The Balaban J connectivity index is 1.53. The number of nitrogen functional groups attached to an aromatic ring is 1. The number of fused-ring (bicyclic) bond motifs is 1. The molecule has 0 radical (unpaired) electrons. The van der Waals surface area contributed by atoms with Gasteiger partial charge in [0.1, 0.15) is 29.7 Å². The average molecular weight is 446 g/mol. The fraction of sp³-hybridized carbons (Fsp3) is 0.261. The van der Waals surface area contributed by atoms with Crippen LogP contribution < -0.4 is 5.73 Å². The zero-order valence-electron chi connectivity index (χ0n) is 18.0. The van der Waals surface area contributed by atoms with Crippen molar-refractivity contribution < 1.29 is 19.0 Å². The molecule has 0 aromatic carbocycles. The summed E-state index contributed by atoms with van der Waals surface area (Å²) in [7, 11) is 0. The lowest BCUT2D eigenvalue weighted by Gasteiger charge is -2.22. The molecule has 1 unspecified atom stereocenters. The predicted octanol–water partition coefficient (Wildman–Crippen LogP) is 2.32. The maximum atomic E-state index is 12.6. The van der Waals surface area contributed by atoms with Gasteiger partial charge in [-0.2, -0.15) is 0 Å². The molecule has 0 saturated carbocycles. The number of anilines is 1. The van der Waals surface area contributed by atoms with E-state index in [9.17, 15) is 4.79 Å². The molecule has 0 bridgehead atoms. The predicted molar refractivity (Wildman–Crippen MR) is 119 cm³/mol. The highest BCUT2D eigenvalue weighted by atomic mass is 16.6. The van der Waals surface area contributed by atoms with E-state index in [4.69, 9.17) is 24.9 Å². The van der Waals surface area contributed by atoms with Crippen molar-refractivity contribution in [2.75, 3.05) is 32.2 Å². The lowest BCUT2D eigenvalue weighted by molar-refractivity contribution is -0.107. The lowest BCUT2D eigenvalue weighted by Crippen LogP contribution is -2.33.